The Morgan fingerprint density at radius 3 is 2.80 bits per heavy atom. The van der Waals surface area contributed by atoms with Gasteiger partial charge in [0.2, 0.25) is 0 Å². The van der Waals surface area contributed by atoms with Crippen molar-refractivity contribution in [3.8, 4) is 0 Å². The molecular formula is C21H32N2O2. The quantitative estimate of drug-likeness (QED) is 0.911. The molecule has 2 aliphatic rings. The maximum Gasteiger partial charge on any atom is 0.253 e. The van der Waals surface area contributed by atoms with Crippen molar-refractivity contribution < 1.29 is 9.90 Å². The molecule has 1 aliphatic heterocycles. The van der Waals surface area contributed by atoms with Crippen molar-refractivity contribution in [3.05, 3.63) is 35.4 Å². The van der Waals surface area contributed by atoms with Gasteiger partial charge in [-0.05, 0) is 56.8 Å². The highest BCUT2D eigenvalue weighted by molar-refractivity contribution is 5.94. The number of nitrogens with zero attached hydrogens (tertiary/aromatic N) is 2. The third-order valence-electron chi connectivity index (χ3n) is 6.09. The smallest absolute Gasteiger partial charge is 0.253 e. The molecule has 0 aromatic heterocycles. The van der Waals surface area contributed by atoms with Crippen LogP contribution in [-0.4, -0.2) is 53.1 Å². The van der Waals surface area contributed by atoms with Crippen LogP contribution in [0.2, 0.25) is 0 Å². The fourth-order valence-corrected chi connectivity index (χ4v) is 4.75. The zero-order chi connectivity index (χ0) is 18.0. The van der Waals surface area contributed by atoms with E-state index in [-0.39, 0.29) is 5.91 Å². The molecule has 1 amide bonds. The van der Waals surface area contributed by atoms with Crippen LogP contribution < -0.4 is 0 Å². The molecule has 0 bridgehead atoms. The molecule has 1 saturated heterocycles. The standard InChI is InChI=1S/C21H32N2O2/c1-21(25)12-5-4-10-18(21)19-11-7-13-23(19)15-16-8-6-9-17(14-16)20(24)22(2)3/h6,8-9,14,18-19,25H,4-5,7,10-13,15H2,1-3H3. The number of likely N-dealkylation sites (tertiary alicyclic amines) is 1. The highest BCUT2D eigenvalue weighted by Gasteiger charge is 2.43. The molecule has 2 fully saturated rings. The Labute approximate surface area is 151 Å². The SMILES string of the molecule is CN(C)C(=O)c1cccc(CN2CCCC2C2CCCCC2(C)O)c1. The Morgan fingerprint density at radius 1 is 1.28 bits per heavy atom. The summed E-state index contributed by atoms with van der Waals surface area (Å²) in [7, 11) is 3.58. The minimum atomic E-state index is -0.533. The first-order valence-corrected chi connectivity index (χ1v) is 9.65. The van der Waals surface area contributed by atoms with Gasteiger partial charge in [-0.2, -0.15) is 0 Å². The molecule has 1 aromatic rings. The van der Waals surface area contributed by atoms with Gasteiger partial charge in [-0.1, -0.05) is 25.0 Å². The topological polar surface area (TPSA) is 43.8 Å². The van der Waals surface area contributed by atoms with Gasteiger partial charge in [0.05, 0.1) is 5.60 Å². The number of benzene rings is 1. The lowest BCUT2D eigenvalue weighted by Crippen LogP contribution is -2.48. The monoisotopic (exact) mass is 344 g/mol. The second-order valence-electron chi connectivity index (χ2n) is 8.29. The summed E-state index contributed by atoms with van der Waals surface area (Å²) >= 11 is 0. The summed E-state index contributed by atoms with van der Waals surface area (Å²) in [6, 6.07) is 8.47. The molecule has 4 nitrogen and oxygen atoms in total. The van der Waals surface area contributed by atoms with E-state index in [4.69, 9.17) is 0 Å². The van der Waals surface area contributed by atoms with Gasteiger partial charge < -0.3 is 10.0 Å². The van der Waals surface area contributed by atoms with Gasteiger partial charge in [0, 0.05) is 38.2 Å². The normalized spacial score (nSPS) is 30.4. The summed E-state index contributed by atoms with van der Waals surface area (Å²) in [6.07, 6.45) is 6.82. The van der Waals surface area contributed by atoms with Crippen LogP contribution in [0.5, 0.6) is 0 Å². The number of hydrogen-bond donors (Lipinski definition) is 1. The molecule has 3 unspecified atom stereocenters. The molecule has 1 aliphatic carbocycles. The van der Waals surface area contributed by atoms with Gasteiger partial charge >= 0.3 is 0 Å². The van der Waals surface area contributed by atoms with E-state index >= 15 is 0 Å². The average Bonchev–Trinajstić information content (AvgIpc) is 3.01. The van der Waals surface area contributed by atoms with Crippen molar-refractivity contribution in [1.29, 1.82) is 0 Å². The maximum absolute atomic E-state index is 12.2. The van der Waals surface area contributed by atoms with Crippen LogP contribution in [0.25, 0.3) is 0 Å². The van der Waals surface area contributed by atoms with Crippen molar-refractivity contribution in [2.45, 2.75) is 63.6 Å². The molecule has 0 spiro atoms. The van der Waals surface area contributed by atoms with Crippen LogP contribution in [0.15, 0.2) is 24.3 Å². The fraction of sp³-hybridized carbons (Fsp3) is 0.667. The Morgan fingerprint density at radius 2 is 2.08 bits per heavy atom. The zero-order valence-electron chi connectivity index (χ0n) is 15.9. The Bertz CT molecular complexity index is 612. The van der Waals surface area contributed by atoms with Crippen LogP contribution >= 0.6 is 0 Å². The summed E-state index contributed by atoms with van der Waals surface area (Å²) < 4.78 is 0. The van der Waals surface area contributed by atoms with Gasteiger partial charge in [-0.15, -0.1) is 0 Å². The van der Waals surface area contributed by atoms with Gasteiger partial charge in [-0.3, -0.25) is 9.69 Å². The van der Waals surface area contributed by atoms with Crippen LogP contribution in [0.3, 0.4) is 0 Å². The Balaban J connectivity index is 1.74. The van der Waals surface area contributed by atoms with Crippen molar-refractivity contribution in [2.75, 3.05) is 20.6 Å². The van der Waals surface area contributed by atoms with Crippen molar-refractivity contribution in [3.63, 3.8) is 0 Å². The number of rotatable bonds is 4. The van der Waals surface area contributed by atoms with E-state index in [2.05, 4.69) is 11.0 Å². The average molecular weight is 344 g/mol. The number of carbonyl (C=O) groups excluding carboxylic acids is 1. The second-order valence-corrected chi connectivity index (χ2v) is 8.29. The summed E-state index contributed by atoms with van der Waals surface area (Å²) in [6.45, 7) is 3.98. The third kappa shape index (κ3) is 4.06. The van der Waals surface area contributed by atoms with E-state index in [9.17, 15) is 9.90 Å². The van der Waals surface area contributed by atoms with Crippen LogP contribution in [0.4, 0.5) is 0 Å². The van der Waals surface area contributed by atoms with E-state index in [1.807, 2.05) is 25.1 Å². The first-order valence-electron chi connectivity index (χ1n) is 9.65. The largest absolute Gasteiger partial charge is 0.390 e. The number of amides is 1. The fourth-order valence-electron chi connectivity index (χ4n) is 4.75. The summed E-state index contributed by atoms with van der Waals surface area (Å²) in [5, 5.41) is 10.9. The second kappa shape index (κ2) is 7.46. The molecule has 1 N–H and O–H groups in total. The highest BCUT2D eigenvalue weighted by Crippen LogP contribution is 2.41. The van der Waals surface area contributed by atoms with Crippen molar-refractivity contribution in [2.24, 2.45) is 5.92 Å². The van der Waals surface area contributed by atoms with Gasteiger partial charge in [0.1, 0.15) is 0 Å². The van der Waals surface area contributed by atoms with E-state index < -0.39 is 5.60 Å². The molecule has 0 radical (unpaired) electrons. The molecular weight excluding hydrogens is 312 g/mol. The molecule has 1 heterocycles. The summed E-state index contributed by atoms with van der Waals surface area (Å²) in [5.74, 6) is 0.422. The molecule has 25 heavy (non-hydrogen) atoms. The minimum Gasteiger partial charge on any atom is -0.390 e. The predicted octanol–water partition coefficient (Wildman–Crippen LogP) is 3.29. The highest BCUT2D eigenvalue weighted by atomic mass is 16.3. The lowest BCUT2D eigenvalue weighted by Gasteiger charge is -2.43. The summed E-state index contributed by atoms with van der Waals surface area (Å²) in [5.41, 5.74) is 1.41. The van der Waals surface area contributed by atoms with E-state index in [0.717, 1.165) is 37.9 Å². The van der Waals surface area contributed by atoms with Gasteiger partial charge in [-0.25, -0.2) is 0 Å². The van der Waals surface area contributed by atoms with E-state index in [1.54, 1.807) is 19.0 Å². The van der Waals surface area contributed by atoms with Crippen molar-refractivity contribution in [1.82, 2.24) is 9.80 Å². The third-order valence-corrected chi connectivity index (χ3v) is 6.09. The first-order chi connectivity index (χ1) is 11.9. The van der Waals surface area contributed by atoms with Crippen LogP contribution in [0.1, 0.15) is 61.4 Å². The predicted molar refractivity (Wildman–Crippen MR) is 100 cm³/mol. The number of hydrogen-bond acceptors (Lipinski definition) is 3. The molecule has 1 saturated carbocycles. The molecule has 3 rings (SSSR count). The van der Waals surface area contributed by atoms with Crippen LogP contribution in [-0.2, 0) is 6.54 Å². The van der Waals surface area contributed by atoms with Gasteiger partial charge in [0.15, 0.2) is 0 Å². The summed E-state index contributed by atoms with van der Waals surface area (Å²) in [4.78, 5) is 16.4. The van der Waals surface area contributed by atoms with E-state index in [1.165, 1.54) is 24.8 Å². The molecule has 3 atom stereocenters. The molecule has 4 heteroatoms. The van der Waals surface area contributed by atoms with Crippen LogP contribution in [0, 0.1) is 5.92 Å². The van der Waals surface area contributed by atoms with E-state index in [0.29, 0.717) is 12.0 Å². The Hall–Kier alpha value is -1.39. The maximum atomic E-state index is 12.2. The minimum absolute atomic E-state index is 0.0510. The lowest BCUT2D eigenvalue weighted by molar-refractivity contribution is -0.0628. The zero-order valence-corrected chi connectivity index (χ0v) is 15.9. The first kappa shape index (κ1) is 18.4. The lowest BCUT2D eigenvalue weighted by atomic mass is 9.72. The van der Waals surface area contributed by atoms with Gasteiger partial charge in [0.25, 0.3) is 5.91 Å². The Kier molecular flexibility index (Phi) is 5.49. The molecule has 1 aromatic carbocycles. The van der Waals surface area contributed by atoms with Crippen molar-refractivity contribution >= 4 is 5.91 Å². The number of aliphatic hydroxyl groups is 1. The number of carbonyl (C=O) groups is 1. The molecule has 138 valence electrons.